The fourth-order valence-electron chi connectivity index (χ4n) is 8.83. The largest absolute Gasteiger partial charge is 0.460 e. The van der Waals surface area contributed by atoms with E-state index in [1.807, 2.05) is 0 Å². The van der Waals surface area contributed by atoms with Gasteiger partial charge in [0.15, 0.2) is 0 Å². The molecule has 0 saturated carbocycles. The Morgan fingerprint density at radius 1 is 0.612 bits per heavy atom. The van der Waals surface area contributed by atoms with Crippen LogP contribution in [0.1, 0.15) is 40.4 Å². The topological polar surface area (TPSA) is 21.3 Å². The van der Waals surface area contributed by atoms with Gasteiger partial charge in [0.1, 0.15) is 11.3 Å². The number of aromatic nitrogens is 1. The second-order valence-corrected chi connectivity index (χ2v) is 13.6. The van der Waals surface area contributed by atoms with Crippen LogP contribution < -0.4 is 4.90 Å². The van der Waals surface area contributed by atoms with Gasteiger partial charge in [-0.25, -0.2) is 0 Å². The quantitative estimate of drug-likeness (QED) is 0.194. The lowest BCUT2D eigenvalue weighted by Gasteiger charge is -2.33. The summed E-state index contributed by atoms with van der Waals surface area (Å²) in [6.45, 7) is 0. The van der Waals surface area contributed by atoms with Crippen molar-refractivity contribution >= 4 is 50.6 Å². The molecule has 11 rings (SSSR count). The van der Waals surface area contributed by atoms with E-state index >= 15 is 0 Å². The van der Waals surface area contributed by atoms with Crippen LogP contribution in [0.4, 0.5) is 5.69 Å². The third-order valence-corrected chi connectivity index (χ3v) is 11.0. The molecule has 0 fully saturated rings. The van der Waals surface area contributed by atoms with Gasteiger partial charge in [0.25, 0.3) is 0 Å². The summed E-state index contributed by atoms with van der Waals surface area (Å²) in [7, 11) is 0. The molecule has 232 valence electrons. The lowest BCUT2D eigenvalue weighted by molar-refractivity contribution is 0.502. The van der Waals surface area contributed by atoms with Crippen LogP contribution in [0.2, 0.25) is 0 Å². The van der Waals surface area contributed by atoms with Gasteiger partial charge < -0.3 is 13.9 Å². The zero-order chi connectivity index (χ0) is 32.1. The van der Waals surface area contributed by atoms with E-state index in [9.17, 15) is 0 Å². The molecule has 49 heavy (non-hydrogen) atoms. The number of hydrogen-bond donors (Lipinski definition) is 0. The first-order valence-corrected chi connectivity index (χ1v) is 17.3. The molecule has 1 aliphatic heterocycles. The third-order valence-electron chi connectivity index (χ3n) is 11.0. The molecule has 0 N–H and O–H groups in total. The van der Waals surface area contributed by atoms with Gasteiger partial charge in [-0.1, -0.05) is 103 Å². The molecule has 2 unspecified atom stereocenters. The molecule has 3 heteroatoms. The van der Waals surface area contributed by atoms with Gasteiger partial charge in [-0.15, -0.1) is 0 Å². The van der Waals surface area contributed by atoms with Crippen molar-refractivity contribution in [3.63, 3.8) is 0 Å². The van der Waals surface area contributed by atoms with E-state index in [2.05, 4.69) is 167 Å². The number of para-hydroxylation sites is 3. The molecule has 0 spiro atoms. The van der Waals surface area contributed by atoms with Gasteiger partial charge in [0, 0.05) is 38.8 Å². The molecule has 0 bridgehead atoms. The standard InChI is InChI=1S/C46H32N2O/c1-2-12-33(13-3-1)47-40-16-8-6-14-35(40)38-27-31(19-23-41(38)47)32-20-24-42-39(28-32)45-43(25-22-37-36-15-7-9-17-44(36)49-46(37)45)48(42)34-21-18-29-10-4-5-11-30(29)26-34/h1-17,19-20,22-28,43,45H,18,21H2. The zero-order valence-corrected chi connectivity index (χ0v) is 26.9. The monoisotopic (exact) mass is 628 g/mol. The summed E-state index contributed by atoms with van der Waals surface area (Å²) in [6.07, 6.45) is 9.21. The molecule has 6 aromatic carbocycles. The van der Waals surface area contributed by atoms with E-state index in [0.717, 1.165) is 24.2 Å². The van der Waals surface area contributed by atoms with Crippen molar-refractivity contribution < 1.29 is 4.42 Å². The minimum Gasteiger partial charge on any atom is -0.460 e. The maximum atomic E-state index is 6.75. The summed E-state index contributed by atoms with van der Waals surface area (Å²) in [5, 5.41) is 3.72. The third kappa shape index (κ3) is 3.90. The van der Waals surface area contributed by atoms with Crippen molar-refractivity contribution in [3.8, 4) is 16.8 Å². The van der Waals surface area contributed by atoms with Crippen LogP contribution >= 0.6 is 0 Å². The Bertz CT molecular complexity index is 2690. The fourth-order valence-corrected chi connectivity index (χ4v) is 8.83. The molecule has 2 aromatic heterocycles. The van der Waals surface area contributed by atoms with E-state index in [4.69, 9.17) is 4.42 Å². The lowest BCUT2D eigenvalue weighted by atomic mass is 9.84. The normalized spacial score (nSPS) is 17.6. The molecular formula is C46H32N2O. The Morgan fingerprint density at radius 3 is 2.31 bits per heavy atom. The van der Waals surface area contributed by atoms with Crippen LogP contribution in [0, 0.1) is 0 Å². The number of anilines is 1. The Kier molecular flexibility index (Phi) is 5.62. The number of aryl methyl sites for hydroxylation is 1. The minimum atomic E-state index is 0.101. The first-order chi connectivity index (χ1) is 24.3. The highest BCUT2D eigenvalue weighted by Gasteiger charge is 2.44. The zero-order valence-electron chi connectivity index (χ0n) is 26.9. The average Bonchev–Trinajstić information content (AvgIpc) is 3.82. The highest BCUT2D eigenvalue weighted by atomic mass is 16.3. The Labute approximate surface area is 284 Å². The van der Waals surface area contributed by atoms with Gasteiger partial charge in [-0.2, -0.15) is 0 Å². The molecule has 0 amide bonds. The maximum absolute atomic E-state index is 6.75. The van der Waals surface area contributed by atoms with Crippen LogP contribution in [0.5, 0.6) is 0 Å². The number of allylic oxidation sites excluding steroid dienone is 1. The summed E-state index contributed by atoms with van der Waals surface area (Å²) < 4.78 is 9.13. The number of hydrogen-bond acceptors (Lipinski definition) is 2. The van der Waals surface area contributed by atoms with E-state index in [1.54, 1.807) is 0 Å². The van der Waals surface area contributed by atoms with E-state index in [0.29, 0.717) is 0 Å². The van der Waals surface area contributed by atoms with Crippen LogP contribution in [0.15, 0.2) is 156 Å². The first-order valence-electron chi connectivity index (χ1n) is 17.3. The first kappa shape index (κ1) is 26.9. The van der Waals surface area contributed by atoms with E-state index in [-0.39, 0.29) is 12.0 Å². The van der Waals surface area contributed by atoms with Gasteiger partial charge in [0.05, 0.1) is 23.0 Å². The van der Waals surface area contributed by atoms with Crippen molar-refractivity contribution in [2.75, 3.05) is 4.90 Å². The fraction of sp³-hybridized carbons (Fsp3) is 0.0870. The van der Waals surface area contributed by atoms with Gasteiger partial charge in [-0.05, 0) is 95.3 Å². The summed E-state index contributed by atoms with van der Waals surface area (Å²) >= 11 is 0. The summed E-state index contributed by atoms with van der Waals surface area (Å²) in [6, 6.07) is 51.0. The second kappa shape index (κ2) is 10.2. The van der Waals surface area contributed by atoms with Crippen LogP contribution in [-0.4, -0.2) is 10.6 Å². The van der Waals surface area contributed by atoms with Crippen molar-refractivity contribution in [1.29, 1.82) is 0 Å². The Morgan fingerprint density at radius 2 is 1.37 bits per heavy atom. The summed E-state index contributed by atoms with van der Waals surface area (Å²) in [4.78, 5) is 2.60. The van der Waals surface area contributed by atoms with Crippen molar-refractivity contribution in [2.45, 2.75) is 24.8 Å². The SMILES string of the molecule is C1=CC2C(c3cc(-c4ccc5c(c4)c4ccccc4n5-c4ccccc4)ccc3N2C2=Cc3ccccc3CC2)c2oc3ccccc3c21. The van der Waals surface area contributed by atoms with Gasteiger partial charge in [0.2, 0.25) is 0 Å². The molecule has 3 aliphatic rings. The predicted octanol–water partition coefficient (Wildman–Crippen LogP) is 11.5. The molecular weight excluding hydrogens is 597 g/mol. The van der Waals surface area contributed by atoms with Gasteiger partial charge in [-0.3, -0.25) is 0 Å². The number of benzene rings is 6. The average molecular weight is 629 g/mol. The molecule has 2 atom stereocenters. The van der Waals surface area contributed by atoms with Crippen LogP contribution in [-0.2, 0) is 6.42 Å². The van der Waals surface area contributed by atoms with E-state index < -0.39 is 0 Å². The minimum absolute atomic E-state index is 0.101. The number of nitrogens with zero attached hydrogens (tertiary/aromatic N) is 2. The molecule has 8 aromatic rings. The summed E-state index contributed by atoms with van der Waals surface area (Å²) in [5.41, 5.74) is 15.0. The Hall–Kier alpha value is -6.06. The number of furan rings is 1. The van der Waals surface area contributed by atoms with Crippen molar-refractivity contribution in [2.24, 2.45) is 0 Å². The lowest BCUT2D eigenvalue weighted by Crippen LogP contribution is -2.34. The summed E-state index contributed by atoms with van der Waals surface area (Å²) in [5.74, 6) is 1.18. The number of fused-ring (bicyclic) bond motifs is 11. The highest BCUT2D eigenvalue weighted by Crippen LogP contribution is 2.53. The second-order valence-electron chi connectivity index (χ2n) is 13.6. The highest BCUT2D eigenvalue weighted by molar-refractivity contribution is 6.10. The molecule has 0 radical (unpaired) electrons. The smallest absolute Gasteiger partial charge is 0.134 e. The number of rotatable bonds is 3. The predicted molar refractivity (Wildman–Crippen MR) is 202 cm³/mol. The Balaban J connectivity index is 1.10. The van der Waals surface area contributed by atoms with Gasteiger partial charge >= 0.3 is 0 Å². The molecule has 3 heterocycles. The van der Waals surface area contributed by atoms with Crippen molar-refractivity contribution in [1.82, 2.24) is 4.57 Å². The van der Waals surface area contributed by atoms with E-state index in [1.165, 1.54) is 77.6 Å². The molecule has 0 saturated heterocycles. The van der Waals surface area contributed by atoms with Crippen LogP contribution in [0.25, 0.3) is 61.7 Å². The maximum Gasteiger partial charge on any atom is 0.134 e. The van der Waals surface area contributed by atoms with Crippen molar-refractivity contribution in [3.05, 3.63) is 179 Å². The molecule has 2 aliphatic carbocycles. The van der Waals surface area contributed by atoms with Crippen LogP contribution in [0.3, 0.4) is 0 Å². The molecule has 3 nitrogen and oxygen atoms in total.